The summed E-state index contributed by atoms with van der Waals surface area (Å²) >= 11 is 0. The summed E-state index contributed by atoms with van der Waals surface area (Å²) in [6.07, 6.45) is -0.306. The maximum atomic E-state index is 12.4. The minimum Gasteiger partial charge on any atom is -0.472 e. The number of para-hydroxylation sites is 1. The number of rotatable bonds is 4. The maximum absolute atomic E-state index is 12.4. The molecule has 168 valence electrons. The number of sulfonamides is 1. The first-order valence-electron chi connectivity index (χ1n) is 8.87. The second-order valence-electron chi connectivity index (χ2n) is 6.35. The van der Waals surface area contributed by atoms with Crippen molar-refractivity contribution in [2.45, 2.75) is 11.1 Å². The minimum atomic E-state index is -4.84. The molecule has 0 amide bonds. The lowest BCUT2D eigenvalue weighted by Crippen LogP contribution is -2.11. The molecule has 0 spiro atoms. The molecule has 0 saturated carbocycles. The standard InChI is InChI=1S/C14H12N2O3S.C7H3F5/c17-20(18,16-12-4-2-1-3-5-12)13-8-14(15-9-13)11-6-7-19-10-11;8-4-1-2-6(9)5(3-4)7(10,11)12/h1-10,15-16H;1-3H. The fourth-order valence-corrected chi connectivity index (χ4v) is 3.60. The van der Waals surface area contributed by atoms with Gasteiger partial charge in [-0.15, -0.1) is 0 Å². The molecular formula is C21H15F5N2O3S. The van der Waals surface area contributed by atoms with E-state index in [9.17, 15) is 30.4 Å². The van der Waals surface area contributed by atoms with Gasteiger partial charge in [0.1, 0.15) is 16.5 Å². The number of benzene rings is 2. The average Bonchev–Trinajstić information content (AvgIpc) is 3.42. The number of nitrogens with one attached hydrogen (secondary N) is 2. The molecule has 32 heavy (non-hydrogen) atoms. The van der Waals surface area contributed by atoms with Gasteiger partial charge in [-0.3, -0.25) is 4.72 Å². The molecule has 0 aliphatic heterocycles. The third-order valence-electron chi connectivity index (χ3n) is 4.06. The molecule has 0 atom stereocenters. The number of anilines is 1. The summed E-state index contributed by atoms with van der Waals surface area (Å²) < 4.78 is 92.0. The minimum absolute atomic E-state index is 0.120. The van der Waals surface area contributed by atoms with Gasteiger partial charge in [0.2, 0.25) is 0 Å². The predicted octanol–water partition coefficient (Wildman–Crippen LogP) is 6.06. The van der Waals surface area contributed by atoms with Crippen LogP contribution in [0.15, 0.2) is 88.7 Å². The Morgan fingerprint density at radius 3 is 2.25 bits per heavy atom. The van der Waals surface area contributed by atoms with Crippen LogP contribution in [-0.4, -0.2) is 13.4 Å². The first-order valence-corrected chi connectivity index (χ1v) is 10.4. The Bertz CT molecular complexity index is 1270. The largest absolute Gasteiger partial charge is 0.472 e. The monoisotopic (exact) mass is 470 g/mol. The molecule has 0 bridgehead atoms. The van der Waals surface area contributed by atoms with E-state index in [-0.39, 0.29) is 11.0 Å². The molecule has 0 radical (unpaired) electrons. The van der Waals surface area contributed by atoms with Gasteiger partial charge in [-0.25, -0.2) is 17.2 Å². The summed E-state index contributed by atoms with van der Waals surface area (Å²) in [6.45, 7) is 0. The first kappa shape index (κ1) is 23.1. The van der Waals surface area contributed by atoms with Gasteiger partial charge >= 0.3 is 6.18 Å². The first-order chi connectivity index (χ1) is 15.1. The number of hydrogen-bond donors (Lipinski definition) is 2. The highest BCUT2D eigenvalue weighted by molar-refractivity contribution is 7.92. The van der Waals surface area contributed by atoms with E-state index in [0.29, 0.717) is 23.5 Å². The Balaban J connectivity index is 0.000000207. The van der Waals surface area contributed by atoms with E-state index < -0.39 is 33.4 Å². The number of furan rings is 1. The van der Waals surface area contributed by atoms with Crippen molar-refractivity contribution in [2.75, 3.05) is 4.72 Å². The van der Waals surface area contributed by atoms with Gasteiger partial charge in [-0.2, -0.15) is 13.2 Å². The summed E-state index contributed by atoms with van der Waals surface area (Å²) in [6, 6.07) is 13.3. The Kier molecular flexibility index (Phi) is 6.68. The van der Waals surface area contributed by atoms with Crippen molar-refractivity contribution in [2.24, 2.45) is 0 Å². The second-order valence-corrected chi connectivity index (χ2v) is 8.04. The Morgan fingerprint density at radius 2 is 1.66 bits per heavy atom. The van der Waals surface area contributed by atoms with Crippen LogP contribution < -0.4 is 4.72 Å². The summed E-state index contributed by atoms with van der Waals surface area (Å²) in [7, 11) is -3.60. The third-order valence-corrected chi connectivity index (χ3v) is 5.42. The molecule has 0 aliphatic carbocycles. The zero-order valence-electron chi connectivity index (χ0n) is 16.0. The quantitative estimate of drug-likeness (QED) is 0.356. The van der Waals surface area contributed by atoms with Crippen molar-refractivity contribution in [3.8, 4) is 11.3 Å². The fourth-order valence-electron chi connectivity index (χ4n) is 2.55. The Morgan fingerprint density at radius 1 is 0.938 bits per heavy atom. The average molecular weight is 470 g/mol. The highest BCUT2D eigenvalue weighted by Gasteiger charge is 2.34. The number of hydrogen-bond acceptors (Lipinski definition) is 3. The molecule has 0 saturated heterocycles. The number of H-pyrrole nitrogens is 1. The van der Waals surface area contributed by atoms with Crippen LogP contribution in [0.2, 0.25) is 0 Å². The highest BCUT2D eigenvalue weighted by Crippen LogP contribution is 2.31. The van der Waals surface area contributed by atoms with Crippen LogP contribution in [0, 0.1) is 11.6 Å². The molecule has 2 aromatic heterocycles. The molecule has 4 aromatic rings. The lowest BCUT2D eigenvalue weighted by atomic mass is 10.2. The van der Waals surface area contributed by atoms with Crippen molar-refractivity contribution in [1.82, 2.24) is 4.98 Å². The fraction of sp³-hybridized carbons (Fsp3) is 0.0476. The van der Waals surface area contributed by atoms with E-state index in [2.05, 4.69) is 9.71 Å². The Labute approximate surface area is 179 Å². The summed E-state index contributed by atoms with van der Waals surface area (Å²) in [5.41, 5.74) is 0.430. The maximum Gasteiger partial charge on any atom is 0.419 e. The molecule has 0 aliphatic rings. The van der Waals surface area contributed by atoms with Crippen molar-refractivity contribution >= 4 is 15.7 Å². The predicted molar refractivity (Wildman–Crippen MR) is 107 cm³/mol. The van der Waals surface area contributed by atoms with E-state index in [0.717, 1.165) is 5.56 Å². The molecule has 2 N–H and O–H groups in total. The zero-order valence-corrected chi connectivity index (χ0v) is 16.8. The van der Waals surface area contributed by atoms with Crippen LogP contribution in [0.25, 0.3) is 11.3 Å². The van der Waals surface area contributed by atoms with E-state index in [1.54, 1.807) is 42.7 Å². The van der Waals surface area contributed by atoms with E-state index >= 15 is 0 Å². The molecule has 11 heteroatoms. The molecule has 0 unspecified atom stereocenters. The van der Waals surface area contributed by atoms with Gasteiger partial charge in [-0.1, -0.05) is 18.2 Å². The molecule has 4 rings (SSSR count). The van der Waals surface area contributed by atoms with Crippen LogP contribution in [0.1, 0.15) is 5.56 Å². The van der Waals surface area contributed by atoms with Crippen LogP contribution in [0.5, 0.6) is 0 Å². The Hall–Kier alpha value is -3.60. The van der Waals surface area contributed by atoms with Gasteiger partial charge in [0.25, 0.3) is 10.0 Å². The van der Waals surface area contributed by atoms with Gasteiger partial charge < -0.3 is 9.40 Å². The summed E-state index contributed by atoms with van der Waals surface area (Å²) in [5.74, 6) is -2.58. The molecule has 5 nitrogen and oxygen atoms in total. The smallest absolute Gasteiger partial charge is 0.419 e. The second kappa shape index (κ2) is 9.27. The van der Waals surface area contributed by atoms with Gasteiger partial charge in [-0.05, 0) is 42.5 Å². The van der Waals surface area contributed by atoms with Gasteiger partial charge in [0.05, 0.1) is 23.8 Å². The van der Waals surface area contributed by atoms with Crippen LogP contribution in [-0.2, 0) is 16.2 Å². The SMILES string of the molecule is Fc1ccc(F)c(C(F)(F)F)c1.O=S(=O)(Nc1ccccc1)c1c[nH]c(-c2ccoc2)c1. The van der Waals surface area contributed by atoms with Crippen LogP contribution >= 0.6 is 0 Å². The van der Waals surface area contributed by atoms with E-state index in [4.69, 9.17) is 4.42 Å². The zero-order chi connectivity index (χ0) is 23.4. The lowest BCUT2D eigenvalue weighted by Gasteiger charge is -2.06. The van der Waals surface area contributed by atoms with Gasteiger partial charge in [0, 0.05) is 17.4 Å². The molecule has 0 fully saturated rings. The van der Waals surface area contributed by atoms with Crippen molar-refractivity contribution in [3.63, 3.8) is 0 Å². The lowest BCUT2D eigenvalue weighted by molar-refractivity contribution is -0.140. The van der Waals surface area contributed by atoms with Crippen LogP contribution in [0.3, 0.4) is 0 Å². The number of alkyl halides is 3. The van der Waals surface area contributed by atoms with E-state index in [1.165, 1.54) is 12.5 Å². The summed E-state index contributed by atoms with van der Waals surface area (Å²) in [4.78, 5) is 3.10. The number of halogens is 5. The highest BCUT2D eigenvalue weighted by atomic mass is 32.2. The molecular weight excluding hydrogens is 455 g/mol. The molecule has 2 heterocycles. The topological polar surface area (TPSA) is 75.1 Å². The number of aromatic nitrogens is 1. The number of aromatic amines is 1. The molecule has 2 aromatic carbocycles. The van der Waals surface area contributed by atoms with Crippen molar-refractivity contribution in [1.29, 1.82) is 0 Å². The van der Waals surface area contributed by atoms with Crippen molar-refractivity contribution in [3.05, 3.63) is 96.6 Å². The normalized spacial score (nSPS) is 11.5. The van der Waals surface area contributed by atoms with Crippen LogP contribution in [0.4, 0.5) is 27.6 Å². The van der Waals surface area contributed by atoms with E-state index in [1.807, 2.05) is 6.07 Å². The third kappa shape index (κ3) is 5.76. The van der Waals surface area contributed by atoms with Gasteiger partial charge in [0.15, 0.2) is 0 Å². The summed E-state index contributed by atoms with van der Waals surface area (Å²) in [5, 5.41) is 0. The van der Waals surface area contributed by atoms with Crippen molar-refractivity contribution < 1.29 is 34.8 Å².